The first-order valence-electron chi connectivity index (χ1n) is 6.46. The molecule has 23 heavy (non-hydrogen) atoms. The Hall–Kier alpha value is -1.47. The lowest BCUT2D eigenvalue weighted by molar-refractivity contribution is -0.184. The van der Waals surface area contributed by atoms with Gasteiger partial charge in [-0.15, -0.1) is 0 Å². The lowest BCUT2D eigenvalue weighted by Gasteiger charge is -2.27. The van der Waals surface area contributed by atoms with E-state index in [0.717, 1.165) is 6.92 Å². The van der Waals surface area contributed by atoms with E-state index in [4.69, 9.17) is 10.2 Å². The van der Waals surface area contributed by atoms with Crippen molar-refractivity contribution >= 4 is 18.5 Å². The Morgan fingerprint density at radius 3 is 1.74 bits per heavy atom. The first-order chi connectivity index (χ1) is 10.6. The zero-order valence-corrected chi connectivity index (χ0v) is 12.0. The molecule has 0 amide bonds. The lowest BCUT2D eigenvalue weighted by atomic mass is 10.0. The van der Waals surface area contributed by atoms with Crippen molar-refractivity contribution in [2.24, 2.45) is 0 Å². The Balaban J connectivity index is 4.88. The van der Waals surface area contributed by atoms with E-state index < -0.39 is 54.8 Å². The predicted molar refractivity (Wildman–Crippen MR) is 69.7 cm³/mol. The van der Waals surface area contributed by atoms with Crippen molar-refractivity contribution in [3.63, 3.8) is 0 Å². The molecule has 0 aromatic rings. The highest BCUT2D eigenvalue weighted by molar-refractivity contribution is 5.77. The van der Waals surface area contributed by atoms with E-state index in [1.807, 2.05) is 0 Å². The molecule has 0 unspecified atom stereocenters. The molecule has 0 aliphatic carbocycles. The van der Waals surface area contributed by atoms with Crippen LogP contribution in [0.25, 0.3) is 0 Å². The van der Waals surface area contributed by atoms with Crippen molar-refractivity contribution in [1.29, 1.82) is 0 Å². The second kappa shape index (κ2) is 9.62. The highest BCUT2D eigenvalue weighted by atomic mass is 16.6. The van der Waals surface area contributed by atoms with Crippen molar-refractivity contribution in [2.45, 2.75) is 55.8 Å². The summed E-state index contributed by atoms with van der Waals surface area (Å²) in [6.07, 6.45) is -16.6. The van der Waals surface area contributed by atoms with E-state index in [1.165, 1.54) is 0 Å². The number of ether oxygens (including phenoxy) is 1. The van der Waals surface area contributed by atoms with Gasteiger partial charge in [-0.2, -0.15) is 0 Å². The van der Waals surface area contributed by atoms with Gasteiger partial charge in [0, 0.05) is 0 Å². The molecule has 11 heteroatoms. The molecular formula is C12H20O11. The molecule has 7 N–H and O–H groups in total. The van der Waals surface area contributed by atoms with Crippen LogP contribution in [0.4, 0.5) is 0 Å². The number of carbonyl (C=O) groups excluding carboxylic acids is 3. The van der Waals surface area contributed by atoms with E-state index in [1.54, 1.807) is 0 Å². The maximum Gasteiger partial charge on any atom is 0.338 e. The van der Waals surface area contributed by atoms with Crippen LogP contribution in [0.15, 0.2) is 0 Å². The average molecular weight is 340 g/mol. The molecule has 0 aromatic carbocycles. The standard InChI is InChI=1S/C12H20O11/c1-4(15)7(17)9(19)6(3-14)23-12(22)11(21)10(20)8(18)5(16)2-13/h2-11,15-21H,1H3/t4-,5+,6-,7-,8-,9-,10+,11+/m1/s1. The molecule has 0 aliphatic heterocycles. The van der Waals surface area contributed by atoms with Crippen LogP contribution in [0.5, 0.6) is 0 Å². The Morgan fingerprint density at radius 1 is 0.826 bits per heavy atom. The number of aliphatic hydroxyl groups is 7. The third-order valence-corrected chi connectivity index (χ3v) is 2.97. The third-order valence-electron chi connectivity index (χ3n) is 2.97. The fourth-order valence-corrected chi connectivity index (χ4v) is 1.47. The van der Waals surface area contributed by atoms with E-state index in [9.17, 15) is 39.9 Å². The average Bonchev–Trinajstić information content (AvgIpc) is 2.54. The zero-order valence-electron chi connectivity index (χ0n) is 12.0. The number of hydrogen-bond donors (Lipinski definition) is 7. The van der Waals surface area contributed by atoms with Gasteiger partial charge in [-0.3, -0.25) is 4.79 Å². The molecule has 11 nitrogen and oxygen atoms in total. The first kappa shape index (κ1) is 21.5. The number of aldehydes is 2. The summed E-state index contributed by atoms with van der Waals surface area (Å²) in [5.41, 5.74) is 0. The molecule has 0 saturated carbocycles. The van der Waals surface area contributed by atoms with Gasteiger partial charge in [-0.25, -0.2) is 4.79 Å². The summed E-state index contributed by atoms with van der Waals surface area (Å²) >= 11 is 0. The highest BCUT2D eigenvalue weighted by Crippen LogP contribution is 2.11. The van der Waals surface area contributed by atoms with Gasteiger partial charge in [0.15, 0.2) is 24.8 Å². The van der Waals surface area contributed by atoms with Crippen LogP contribution in [0.2, 0.25) is 0 Å². The van der Waals surface area contributed by atoms with Crippen LogP contribution < -0.4 is 0 Å². The van der Waals surface area contributed by atoms with E-state index >= 15 is 0 Å². The Morgan fingerprint density at radius 2 is 1.35 bits per heavy atom. The lowest BCUT2D eigenvalue weighted by Crippen LogP contribution is -2.51. The minimum atomic E-state index is -2.46. The van der Waals surface area contributed by atoms with Crippen LogP contribution >= 0.6 is 0 Å². The highest BCUT2D eigenvalue weighted by Gasteiger charge is 2.38. The molecular weight excluding hydrogens is 320 g/mol. The second-order valence-electron chi connectivity index (χ2n) is 4.81. The van der Waals surface area contributed by atoms with Crippen LogP contribution in [-0.4, -0.2) is 103 Å². The third kappa shape index (κ3) is 5.91. The second-order valence-corrected chi connectivity index (χ2v) is 4.81. The summed E-state index contributed by atoms with van der Waals surface area (Å²) in [5.74, 6) is -1.68. The van der Waals surface area contributed by atoms with Gasteiger partial charge in [0.2, 0.25) is 0 Å². The van der Waals surface area contributed by atoms with Crippen molar-refractivity contribution in [3.8, 4) is 0 Å². The predicted octanol–water partition coefficient (Wildman–Crippen LogP) is -5.16. The molecule has 0 aromatic heterocycles. The van der Waals surface area contributed by atoms with Crippen LogP contribution in [-0.2, 0) is 19.1 Å². The summed E-state index contributed by atoms with van der Waals surface area (Å²) in [6.45, 7) is 1.09. The number of rotatable bonds is 10. The summed E-state index contributed by atoms with van der Waals surface area (Å²) in [4.78, 5) is 32.6. The monoisotopic (exact) mass is 340 g/mol. The van der Waals surface area contributed by atoms with E-state index in [2.05, 4.69) is 4.74 Å². The SMILES string of the molecule is C[C@@H](O)[C@@H](O)[C@H](O)[C@@H](C=O)OC(=O)[C@@H](O)[C@@H](O)[C@H](O)[C@@H](O)C=O. The van der Waals surface area contributed by atoms with Crippen molar-refractivity contribution in [3.05, 3.63) is 0 Å². The number of esters is 1. The number of aliphatic hydroxyl groups excluding tert-OH is 7. The summed E-state index contributed by atoms with van der Waals surface area (Å²) in [5, 5.41) is 65.1. The van der Waals surface area contributed by atoms with E-state index in [-0.39, 0.29) is 12.6 Å². The summed E-state index contributed by atoms with van der Waals surface area (Å²) < 4.78 is 4.36. The van der Waals surface area contributed by atoms with Crippen molar-refractivity contribution < 1.29 is 54.9 Å². The number of carbonyl (C=O) groups is 3. The van der Waals surface area contributed by atoms with Crippen LogP contribution in [0.3, 0.4) is 0 Å². The van der Waals surface area contributed by atoms with Gasteiger partial charge in [0.05, 0.1) is 6.10 Å². The summed E-state index contributed by atoms with van der Waals surface area (Å²) in [7, 11) is 0. The molecule has 0 rings (SSSR count). The largest absolute Gasteiger partial charge is 0.450 e. The van der Waals surface area contributed by atoms with Gasteiger partial charge >= 0.3 is 5.97 Å². The molecule has 8 atom stereocenters. The smallest absolute Gasteiger partial charge is 0.338 e. The number of hydrogen-bond acceptors (Lipinski definition) is 11. The first-order valence-corrected chi connectivity index (χ1v) is 6.46. The van der Waals surface area contributed by atoms with Crippen LogP contribution in [0, 0.1) is 0 Å². The molecule has 0 bridgehead atoms. The van der Waals surface area contributed by atoms with Gasteiger partial charge in [0.25, 0.3) is 0 Å². The van der Waals surface area contributed by atoms with Crippen molar-refractivity contribution in [1.82, 2.24) is 0 Å². The molecule has 0 radical (unpaired) electrons. The van der Waals surface area contributed by atoms with Gasteiger partial charge in [-0.1, -0.05) is 0 Å². The van der Waals surface area contributed by atoms with Crippen molar-refractivity contribution in [2.75, 3.05) is 0 Å². The Bertz CT molecular complexity index is 398. The fourth-order valence-electron chi connectivity index (χ4n) is 1.47. The van der Waals surface area contributed by atoms with Gasteiger partial charge in [0.1, 0.15) is 30.5 Å². The molecule has 0 saturated heterocycles. The Kier molecular flexibility index (Phi) is 9.01. The van der Waals surface area contributed by atoms with E-state index in [0.29, 0.717) is 0 Å². The summed E-state index contributed by atoms with van der Waals surface area (Å²) in [6, 6.07) is 0. The maximum atomic E-state index is 11.5. The fraction of sp³-hybridized carbons (Fsp3) is 0.750. The normalized spacial score (nSPS) is 21.9. The maximum absolute atomic E-state index is 11.5. The topological polar surface area (TPSA) is 202 Å². The molecule has 0 heterocycles. The molecule has 0 spiro atoms. The quantitative estimate of drug-likeness (QED) is 0.148. The van der Waals surface area contributed by atoms with Gasteiger partial charge in [-0.05, 0) is 6.92 Å². The minimum Gasteiger partial charge on any atom is -0.450 e. The van der Waals surface area contributed by atoms with Crippen LogP contribution in [0.1, 0.15) is 6.92 Å². The molecule has 134 valence electrons. The Labute approximate surface area is 130 Å². The molecule has 0 fully saturated rings. The minimum absolute atomic E-state index is 0.0933. The van der Waals surface area contributed by atoms with Gasteiger partial charge < -0.3 is 45.3 Å². The molecule has 0 aliphatic rings. The zero-order chi connectivity index (χ0) is 18.3.